The molecular formula is C11H14FNO2S. The zero-order valence-corrected chi connectivity index (χ0v) is 10.0. The van der Waals surface area contributed by atoms with Crippen LogP contribution in [-0.2, 0) is 9.84 Å². The maximum absolute atomic E-state index is 13.1. The van der Waals surface area contributed by atoms with E-state index in [2.05, 4.69) is 5.32 Å². The van der Waals surface area contributed by atoms with Crippen LogP contribution in [0.3, 0.4) is 0 Å². The lowest BCUT2D eigenvalue weighted by molar-refractivity contribution is 0.420. The first-order valence-corrected chi connectivity index (χ1v) is 6.80. The van der Waals surface area contributed by atoms with E-state index >= 15 is 0 Å². The Kier molecular flexibility index (Phi) is 2.75. The summed E-state index contributed by atoms with van der Waals surface area (Å²) in [5.41, 5.74) is 0.669. The van der Waals surface area contributed by atoms with Gasteiger partial charge in [0.05, 0.1) is 10.6 Å². The van der Waals surface area contributed by atoms with E-state index in [-0.39, 0.29) is 22.6 Å². The van der Waals surface area contributed by atoms with Gasteiger partial charge in [-0.2, -0.15) is 0 Å². The molecule has 1 aliphatic heterocycles. The lowest BCUT2D eigenvalue weighted by Gasteiger charge is -2.30. The van der Waals surface area contributed by atoms with Crippen molar-refractivity contribution in [1.29, 1.82) is 0 Å². The second-order valence-corrected chi connectivity index (χ2v) is 6.21. The van der Waals surface area contributed by atoms with Gasteiger partial charge in [0, 0.05) is 6.04 Å². The lowest BCUT2D eigenvalue weighted by Crippen LogP contribution is -2.34. The van der Waals surface area contributed by atoms with Crippen LogP contribution in [0.1, 0.15) is 18.5 Å². The fourth-order valence-electron chi connectivity index (χ4n) is 2.31. The summed E-state index contributed by atoms with van der Waals surface area (Å²) >= 11 is 0. The number of hydrogen-bond acceptors (Lipinski definition) is 3. The van der Waals surface area contributed by atoms with Crippen LogP contribution < -0.4 is 5.32 Å². The summed E-state index contributed by atoms with van der Waals surface area (Å²) in [4.78, 5) is 0.130. The van der Waals surface area contributed by atoms with E-state index in [0.29, 0.717) is 5.56 Å². The van der Waals surface area contributed by atoms with Gasteiger partial charge in [0.1, 0.15) is 5.82 Å². The van der Waals surface area contributed by atoms with Gasteiger partial charge in [0.15, 0.2) is 9.84 Å². The molecule has 1 aromatic carbocycles. The van der Waals surface area contributed by atoms with Gasteiger partial charge in [-0.1, -0.05) is 13.0 Å². The summed E-state index contributed by atoms with van der Waals surface area (Å²) in [6.07, 6.45) is 0. The summed E-state index contributed by atoms with van der Waals surface area (Å²) in [6, 6.07) is 3.94. The van der Waals surface area contributed by atoms with Gasteiger partial charge in [-0.05, 0) is 30.7 Å². The number of fused-ring (bicyclic) bond motifs is 1. The van der Waals surface area contributed by atoms with Crippen molar-refractivity contribution in [2.24, 2.45) is 5.92 Å². The van der Waals surface area contributed by atoms with Crippen LogP contribution in [-0.4, -0.2) is 21.2 Å². The van der Waals surface area contributed by atoms with Gasteiger partial charge in [0.25, 0.3) is 0 Å². The molecule has 0 aromatic heterocycles. The Balaban J connectivity index is 2.67. The van der Waals surface area contributed by atoms with Crippen LogP contribution in [0.25, 0.3) is 0 Å². The normalized spacial score (nSPS) is 27.4. The molecule has 1 aromatic rings. The SMILES string of the molecule is CNC1c2ccc(F)cc2S(=O)(=O)CC1C. The number of benzene rings is 1. The van der Waals surface area contributed by atoms with Gasteiger partial charge in [-0.3, -0.25) is 0 Å². The molecule has 0 fully saturated rings. The number of rotatable bonds is 1. The summed E-state index contributed by atoms with van der Waals surface area (Å²) in [7, 11) is -1.55. The monoisotopic (exact) mass is 243 g/mol. The highest BCUT2D eigenvalue weighted by Gasteiger charge is 2.34. The van der Waals surface area contributed by atoms with E-state index < -0.39 is 15.7 Å². The summed E-state index contributed by atoms with van der Waals surface area (Å²) in [5.74, 6) is -0.450. The molecular weight excluding hydrogens is 229 g/mol. The maximum Gasteiger partial charge on any atom is 0.179 e. The van der Waals surface area contributed by atoms with Crippen molar-refractivity contribution in [1.82, 2.24) is 5.32 Å². The lowest BCUT2D eigenvalue weighted by atomic mass is 9.95. The van der Waals surface area contributed by atoms with E-state index in [9.17, 15) is 12.8 Å². The van der Waals surface area contributed by atoms with Crippen LogP contribution in [0.15, 0.2) is 23.1 Å². The molecule has 1 N–H and O–H groups in total. The average molecular weight is 243 g/mol. The Morgan fingerprint density at radius 1 is 1.44 bits per heavy atom. The van der Waals surface area contributed by atoms with Gasteiger partial charge in [-0.15, -0.1) is 0 Å². The fraction of sp³-hybridized carbons (Fsp3) is 0.455. The Hall–Kier alpha value is -0.940. The van der Waals surface area contributed by atoms with Crippen molar-refractivity contribution in [3.8, 4) is 0 Å². The zero-order chi connectivity index (χ0) is 11.9. The molecule has 0 saturated carbocycles. The molecule has 5 heteroatoms. The molecule has 2 unspecified atom stereocenters. The second-order valence-electron chi connectivity index (χ2n) is 4.21. The third-order valence-electron chi connectivity index (χ3n) is 3.01. The smallest absolute Gasteiger partial charge is 0.179 e. The number of halogens is 1. The highest BCUT2D eigenvalue weighted by Crippen LogP contribution is 2.35. The van der Waals surface area contributed by atoms with E-state index in [1.807, 2.05) is 6.92 Å². The predicted octanol–water partition coefficient (Wildman–Crippen LogP) is 1.51. The molecule has 2 rings (SSSR count). The highest BCUT2D eigenvalue weighted by molar-refractivity contribution is 7.91. The Morgan fingerprint density at radius 3 is 2.75 bits per heavy atom. The third kappa shape index (κ3) is 1.74. The van der Waals surface area contributed by atoms with E-state index in [1.165, 1.54) is 6.07 Å². The van der Waals surface area contributed by atoms with E-state index in [1.54, 1.807) is 13.1 Å². The van der Waals surface area contributed by atoms with Gasteiger partial charge in [-0.25, -0.2) is 12.8 Å². The Labute approximate surface area is 94.6 Å². The number of nitrogens with one attached hydrogen (secondary N) is 1. The molecule has 1 aliphatic rings. The summed E-state index contributed by atoms with van der Waals surface area (Å²) in [6.45, 7) is 1.88. The van der Waals surface area contributed by atoms with Crippen molar-refractivity contribution < 1.29 is 12.8 Å². The maximum atomic E-state index is 13.1. The summed E-state index contributed by atoms with van der Waals surface area (Å²) < 4.78 is 36.9. The molecule has 2 atom stereocenters. The molecule has 0 amide bonds. The minimum atomic E-state index is -3.34. The molecule has 0 radical (unpaired) electrons. The molecule has 1 heterocycles. The Bertz CT molecular complexity index is 513. The number of sulfone groups is 1. The largest absolute Gasteiger partial charge is 0.313 e. The van der Waals surface area contributed by atoms with E-state index in [4.69, 9.17) is 0 Å². The van der Waals surface area contributed by atoms with Crippen molar-refractivity contribution in [2.75, 3.05) is 12.8 Å². The molecule has 0 saturated heterocycles. The molecule has 0 aliphatic carbocycles. The van der Waals surface area contributed by atoms with Crippen molar-refractivity contribution in [2.45, 2.75) is 17.9 Å². The quantitative estimate of drug-likeness (QED) is 0.813. The van der Waals surface area contributed by atoms with Crippen LogP contribution in [0, 0.1) is 11.7 Å². The zero-order valence-electron chi connectivity index (χ0n) is 9.20. The third-order valence-corrected chi connectivity index (χ3v) is 5.00. The topological polar surface area (TPSA) is 46.2 Å². The average Bonchev–Trinajstić information content (AvgIpc) is 2.19. The van der Waals surface area contributed by atoms with Crippen LogP contribution in [0.5, 0.6) is 0 Å². The van der Waals surface area contributed by atoms with Gasteiger partial charge >= 0.3 is 0 Å². The van der Waals surface area contributed by atoms with Crippen LogP contribution in [0.4, 0.5) is 4.39 Å². The minimum absolute atomic E-state index is 0.00652. The van der Waals surface area contributed by atoms with Crippen molar-refractivity contribution in [3.05, 3.63) is 29.6 Å². The predicted molar refractivity (Wildman–Crippen MR) is 59.4 cm³/mol. The van der Waals surface area contributed by atoms with Crippen LogP contribution in [0.2, 0.25) is 0 Å². The Morgan fingerprint density at radius 2 is 2.12 bits per heavy atom. The first-order chi connectivity index (χ1) is 7.45. The molecule has 0 bridgehead atoms. The van der Waals surface area contributed by atoms with E-state index in [0.717, 1.165) is 6.07 Å². The van der Waals surface area contributed by atoms with Gasteiger partial charge in [0.2, 0.25) is 0 Å². The standard InChI is InChI=1S/C11H14FNO2S/c1-7-6-16(14,15)10-5-8(12)3-4-9(10)11(7)13-2/h3-5,7,11,13H,6H2,1-2H3. The van der Waals surface area contributed by atoms with Gasteiger partial charge < -0.3 is 5.32 Å². The summed E-state index contributed by atoms with van der Waals surface area (Å²) in [5, 5.41) is 3.08. The molecule has 3 nitrogen and oxygen atoms in total. The molecule has 16 heavy (non-hydrogen) atoms. The van der Waals surface area contributed by atoms with Crippen molar-refractivity contribution >= 4 is 9.84 Å². The first-order valence-electron chi connectivity index (χ1n) is 5.15. The fourth-order valence-corrected chi connectivity index (χ4v) is 4.22. The highest BCUT2D eigenvalue weighted by atomic mass is 32.2. The minimum Gasteiger partial charge on any atom is -0.313 e. The van der Waals surface area contributed by atoms with Crippen molar-refractivity contribution in [3.63, 3.8) is 0 Å². The number of hydrogen-bond donors (Lipinski definition) is 1. The molecule has 88 valence electrons. The molecule has 0 spiro atoms. The first kappa shape index (κ1) is 11.5. The second kappa shape index (κ2) is 3.82. The van der Waals surface area contributed by atoms with Crippen LogP contribution >= 0.6 is 0 Å².